The highest BCUT2D eigenvalue weighted by Gasteiger charge is 2.08. The summed E-state index contributed by atoms with van der Waals surface area (Å²) < 4.78 is 0.942. The first-order valence-corrected chi connectivity index (χ1v) is 4.47. The minimum Gasteiger partial charge on any atom is -0.351 e. The third kappa shape index (κ3) is 2.43. The molecule has 5 heteroatoms. The van der Waals surface area contributed by atoms with Gasteiger partial charge in [0.1, 0.15) is 0 Å². The quantitative estimate of drug-likeness (QED) is 0.768. The molecule has 0 aliphatic rings. The molecule has 70 valence electrons. The molecule has 0 saturated heterocycles. The van der Waals surface area contributed by atoms with E-state index in [1.54, 1.807) is 12.1 Å². The van der Waals surface area contributed by atoms with Crippen molar-refractivity contribution < 1.29 is 4.79 Å². The Balaban J connectivity index is 2.92. The number of halogens is 1. The molecule has 1 rings (SSSR count). The van der Waals surface area contributed by atoms with E-state index in [-0.39, 0.29) is 6.67 Å². The smallest absolute Gasteiger partial charge is 0.320 e. The van der Waals surface area contributed by atoms with Crippen molar-refractivity contribution in [3.05, 3.63) is 28.7 Å². The molecule has 0 aromatic heterocycles. The number of carbonyl (C=O) groups is 1. The summed E-state index contributed by atoms with van der Waals surface area (Å²) in [6.45, 7) is 0.0803. The lowest BCUT2D eigenvalue weighted by Gasteiger charge is -2.17. The maximum absolute atomic E-state index is 10.9. The van der Waals surface area contributed by atoms with Crippen LogP contribution in [0.5, 0.6) is 0 Å². The molecule has 0 saturated carbocycles. The summed E-state index contributed by atoms with van der Waals surface area (Å²) in [5, 5.41) is 0. The molecule has 0 spiro atoms. The molecule has 0 atom stereocenters. The molecule has 1 aromatic rings. The second-order valence-electron chi connectivity index (χ2n) is 2.43. The van der Waals surface area contributed by atoms with Gasteiger partial charge in [0.2, 0.25) is 0 Å². The van der Waals surface area contributed by atoms with Crippen molar-refractivity contribution in [2.45, 2.75) is 0 Å². The van der Waals surface area contributed by atoms with Crippen LogP contribution in [0.3, 0.4) is 0 Å². The van der Waals surface area contributed by atoms with Crippen LogP contribution in [0, 0.1) is 0 Å². The zero-order valence-corrected chi connectivity index (χ0v) is 8.49. The number of hydrogen-bond acceptors (Lipinski definition) is 2. The summed E-state index contributed by atoms with van der Waals surface area (Å²) in [6, 6.07) is 6.62. The SMILES string of the molecule is NCN(C(N)=O)c1ccc(Br)cc1. The van der Waals surface area contributed by atoms with E-state index < -0.39 is 6.03 Å². The predicted octanol–water partition coefficient (Wildman–Crippen LogP) is 1.25. The Morgan fingerprint density at radius 2 is 1.92 bits per heavy atom. The fraction of sp³-hybridized carbons (Fsp3) is 0.125. The minimum atomic E-state index is -0.551. The van der Waals surface area contributed by atoms with Gasteiger partial charge in [-0.2, -0.15) is 0 Å². The van der Waals surface area contributed by atoms with Crippen molar-refractivity contribution in [2.24, 2.45) is 11.5 Å². The summed E-state index contributed by atoms with van der Waals surface area (Å²) in [5.41, 5.74) is 11.2. The molecule has 0 radical (unpaired) electrons. The molecule has 4 N–H and O–H groups in total. The minimum absolute atomic E-state index is 0.0803. The Kier molecular flexibility index (Phi) is 3.27. The van der Waals surface area contributed by atoms with Gasteiger partial charge < -0.3 is 11.5 Å². The molecular formula is C8H10BrN3O. The molecule has 13 heavy (non-hydrogen) atoms. The van der Waals surface area contributed by atoms with E-state index in [1.165, 1.54) is 4.90 Å². The number of nitrogens with two attached hydrogens (primary N) is 2. The molecule has 0 unspecified atom stereocenters. The van der Waals surface area contributed by atoms with Crippen molar-refractivity contribution >= 4 is 27.6 Å². The molecule has 4 nitrogen and oxygen atoms in total. The summed E-state index contributed by atoms with van der Waals surface area (Å²) in [5.74, 6) is 0. The summed E-state index contributed by atoms with van der Waals surface area (Å²) >= 11 is 3.29. The highest BCUT2D eigenvalue weighted by atomic mass is 79.9. The van der Waals surface area contributed by atoms with Gasteiger partial charge in [-0.15, -0.1) is 0 Å². The number of urea groups is 1. The molecule has 0 heterocycles. The first-order chi connectivity index (χ1) is 6.15. The van der Waals surface area contributed by atoms with Crippen molar-refractivity contribution in [2.75, 3.05) is 11.6 Å². The highest BCUT2D eigenvalue weighted by molar-refractivity contribution is 9.10. The van der Waals surface area contributed by atoms with E-state index in [4.69, 9.17) is 11.5 Å². The number of nitrogens with zero attached hydrogens (tertiary/aromatic N) is 1. The van der Waals surface area contributed by atoms with E-state index >= 15 is 0 Å². The van der Waals surface area contributed by atoms with Crippen LogP contribution >= 0.6 is 15.9 Å². The van der Waals surface area contributed by atoms with E-state index in [2.05, 4.69) is 15.9 Å². The maximum atomic E-state index is 10.9. The van der Waals surface area contributed by atoms with Gasteiger partial charge in [0.15, 0.2) is 0 Å². The molecule has 0 bridgehead atoms. The van der Waals surface area contributed by atoms with Crippen molar-refractivity contribution in [3.8, 4) is 0 Å². The Morgan fingerprint density at radius 1 is 1.38 bits per heavy atom. The molecular weight excluding hydrogens is 234 g/mol. The maximum Gasteiger partial charge on any atom is 0.320 e. The Bertz CT molecular complexity index is 299. The van der Waals surface area contributed by atoms with Crippen LogP contribution in [0.25, 0.3) is 0 Å². The van der Waals surface area contributed by atoms with E-state index in [9.17, 15) is 4.79 Å². The fourth-order valence-electron chi connectivity index (χ4n) is 0.944. The lowest BCUT2D eigenvalue weighted by Crippen LogP contribution is -2.39. The number of carbonyl (C=O) groups excluding carboxylic acids is 1. The van der Waals surface area contributed by atoms with Gasteiger partial charge in [-0.1, -0.05) is 15.9 Å². The van der Waals surface area contributed by atoms with Gasteiger partial charge in [-0.3, -0.25) is 4.90 Å². The number of rotatable bonds is 2. The zero-order valence-electron chi connectivity index (χ0n) is 6.90. The average Bonchev–Trinajstić information content (AvgIpc) is 2.09. The van der Waals surface area contributed by atoms with Crippen LogP contribution in [0.15, 0.2) is 28.7 Å². The number of hydrogen-bond donors (Lipinski definition) is 2. The van der Waals surface area contributed by atoms with Gasteiger partial charge in [-0.25, -0.2) is 4.79 Å². The predicted molar refractivity (Wildman–Crippen MR) is 55.3 cm³/mol. The topological polar surface area (TPSA) is 72.3 Å². The highest BCUT2D eigenvalue weighted by Crippen LogP contribution is 2.17. The van der Waals surface area contributed by atoms with Crippen LogP contribution in [0.2, 0.25) is 0 Å². The standard InChI is InChI=1S/C8H10BrN3O/c9-6-1-3-7(4-2-6)12(5-10)8(11)13/h1-4H,5,10H2,(H2,11,13). The van der Waals surface area contributed by atoms with Gasteiger partial charge in [0.05, 0.1) is 6.67 Å². The van der Waals surface area contributed by atoms with Crippen LogP contribution < -0.4 is 16.4 Å². The molecule has 2 amide bonds. The molecule has 0 fully saturated rings. The van der Waals surface area contributed by atoms with Crippen molar-refractivity contribution in [1.29, 1.82) is 0 Å². The molecule has 0 aliphatic heterocycles. The van der Waals surface area contributed by atoms with Crippen LogP contribution in [0.4, 0.5) is 10.5 Å². The zero-order chi connectivity index (χ0) is 9.84. The second kappa shape index (κ2) is 4.25. The second-order valence-corrected chi connectivity index (χ2v) is 3.34. The first kappa shape index (κ1) is 10.0. The number of anilines is 1. The Hall–Kier alpha value is -1.07. The summed E-state index contributed by atoms with van der Waals surface area (Å²) in [7, 11) is 0. The van der Waals surface area contributed by atoms with Crippen LogP contribution in [-0.4, -0.2) is 12.7 Å². The third-order valence-electron chi connectivity index (χ3n) is 1.59. The van der Waals surface area contributed by atoms with Gasteiger partial charge in [-0.05, 0) is 24.3 Å². The fourth-order valence-corrected chi connectivity index (χ4v) is 1.21. The number of benzene rings is 1. The van der Waals surface area contributed by atoms with Crippen LogP contribution in [-0.2, 0) is 0 Å². The number of primary amides is 1. The third-order valence-corrected chi connectivity index (χ3v) is 2.12. The Morgan fingerprint density at radius 3 is 2.31 bits per heavy atom. The van der Waals surface area contributed by atoms with Gasteiger partial charge in [0.25, 0.3) is 0 Å². The Labute approximate surface area is 84.6 Å². The van der Waals surface area contributed by atoms with E-state index in [1.807, 2.05) is 12.1 Å². The van der Waals surface area contributed by atoms with Crippen molar-refractivity contribution in [1.82, 2.24) is 0 Å². The first-order valence-electron chi connectivity index (χ1n) is 3.67. The van der Waals surface area contributed by atoms with Crippen molar-refractivity contribution in [3.63, 3.8) is 0 Å². The van der Waals surface area contributed by atoms with Gasteiger partial charge in [0, 0.05) is 10.2 Å². The average molecular weight is 244 g/mol. The van der Waals surface area contributed by atoms with Gasteiger partial charge >= 0.3 is 6.03 Å². The molecule has 1 aromatic carbocycles. The lowest BCUT2D eigenvalue weighted by atomic mass is 10.3. The van der Waals surface area contributed by atoms with E-state index in [0.717, 1.165) is 4.47 Å². The van der Waals surface area contributed by atoms with Crippen LogP contribution in [0.1, 0.15) is 0 Å². The number of amides is 2. The summed E-state index contributed by atoms with van der Waals surface area (Å²) in [6.07, 6.45) is 0. The van der Waals surface area contributed by atoms with E-state index in [0.29, 0.717) is 5.69 Å². The summed E-state index contributed by atoms with van der Waals surface area (Å²) in [4.78, 5) is 12.2. The largest absolute Gasteiger partial charge is 0.351 e. The monoisotopic (exact) mass is 243 g/mol. The molecule has 0 aliphatic carbocycles. The lowest BCUT2D eigenvalue weighted by molar-refractivity contribution is 0.254. The normalized spacial score (nSPS) is 9.69.